The molecule has 31 heavy (non-hydrogen) atoms. The Morgan fingerprint density at radius 2 is 1.61 bits per heavy atom. The Hall–Kier alpha value is -2.83. The van der Waals surface area contributed by atoms with Gasteiger partial charge in [0.1, 0.15) is 0 Å². The van der Waals surface area contributed by atoms with E-state index in [1.807, 2.05) is 93.6 Å². The highest BCUT2D eigenvalue weighted by molar-refractivity contribution is 8.00. The number of thioether (sulfide) groups is 1. The van der Waals surface area contributed by atoms with Crippen LogP contribution in [-0.2, 0) is 4.79 Å². The van der Waals surface area contributed by atoms with E-state index in [1.54, 1.807) is 11.8 Å². The van der Waals surface area contributed by atoms with Gasteiger partial charge < -0.3 is 16.0 Å². The molecule has 4 nitrogen and oxygen atoms in total. The molecule has 1 unspecified atom stereocenters. The van der Waals surface area contributed by atoms with Gasteiger partial charge in [0.05, 0.1) is 5.25 Å². The van der Waals surface area contributed by atoms with Crippen LogP contribution in [0.2, 0.25) is 0 Å². The van der Waals surface area contributed by atoms with Crippen molar-refractivity contribution >= 4 is 52.1 Å². The lowest BCUT2D eigenvalue weighted by molar-refractivity contribution is -0.115. The number of anilines is 3. The minimum Gasteiger partial charge on any atom is -0.332 e. The van der Waals surface area contributed by atoms with Crippen LogP contribution in [0.25, 0.3) is 0 Å². The molecular weight excluding hydrogens is 422 g/mol. The minimum absolute atomic E-state index is 0.0147. The zero-order valence-electron chi connectivity index (χ0n) is 17.9. The highest BCUT2D eigenvalue weighted by atomic mass is 32.2. The van der Waals surface area contributed by atoms with E-state index < -0.39 is 0 Å². The van der Waals surface area contributed by atoms with Crippen LogP contribution in [0.1, 0.15) is 24.5 Å². The fourth-order valence-corrected chi connectivity index (χ4v) is 4.28. The van der Waals surface area contributed by atoms with Crippen molar-refractivity contribution in [3.8, 4) is 0 Å². The second-order valence-corrected chi connectivity index (χ2v) is 8.98. The maximum absolute atomic E-state index is 12.9. The summed E-state index contributed by atoms with van der Waals surface area (Å²) < 4.78 is 0. The second kappa shape index (κ2) is 11.0. The van der Waals surface area contributed by atoms with Crippen molar-refractivity contribution in [2.45, 2.75) is 37.3 Å². The highest BCUT2D eigenvalue weighted by Gasteiger charge is 2.19. The fraction of sp³-hybridized carbons (Fsp3) is 0.200. The van der Waals surface area contributed by atoms with Gasteiger partial charge in [-0.05, 0) is 80.0 Å². The zero-order valence-corrected chi connectivity index (χ0v) is 19.6. The standard InChI is InChI=1S/C25H27N3OS2/c1-4-23(24(29)28-22-15-17(2)13-14-18(22)3)31-21-12-8-11-20(16-21)27-25(30)26-19-9-6-5-7-10-19/h5-16,23H,4H2,1-3H3,(H,28,29)(H2,26,27,30). The Bertz CT molecular complexity index is 1050. The average Bonchev–Trinajstić information content (AvgIpc) is 2.75. The first-order valence-electron chi connectivity index (χ1n) is 10.2. The number of amides is 1. The molecule has 0 radical (unpaired) electrons. The highest BCUT2D eigenvalue weighted by Crippen LogP contribution is 2.29. The molecule has 0 aliphatic rings. The molecule has 0 aliphatic heterocycles. The molecule has 0 aromatic heterocycles. The Kier molecular flexibility index (Phi) is 8.09. The smallest absolute Gasteiger partial charge is 0.237 e. The topological polar surface area (TPSA) is 53.2 Å². The molecule has 0 saturated carbocycles. The van der Waals surface area contributed by atoms with E-state index in [0.29, 0.717) is 5.11 Å². The molecule has 0 spiro atoms. The molecule has 6 heteroatoms. The van der Waals surface area contributed by atoms with Crippen molar-refractivity contribution in [3.63, 3.8) is 0 Å². The van der Waals surface area contributed by atoms with Gasteiger partial charge in [0.15, 0.2) is 5.11 Å². The van der Waals surface area contributed by atoms with Crippen molar-refractivity contribution in [2.24, 2.45) is 0 Å². The van der Waals surface area contributed by atoms with Gasteiger partial charge in [0.25, 0.3) is 0 Å². The number of aryl methyl sites for hydroxylation is 2. The summed E-state index contributed by atoms with van der Waals surface area (Å²) in [5.41, 5.74) is 4.87. The van der Waals surface area contributed by atoms with Crippen LogP contribution < -0.4 is 16.0 Å². The van der Waals surface area contributed by atoms with Crippen molar-refractivity contribution in [1.29, 1.82) is 0 Å². The first-order valence-corrected chi connectivity index (χ1v) is 11.5. The van der Waals surface area contributed by atoms with Gasteiger partial charge in [-0.15, -0.1) is 11.8 Å². The number of carbonyl (C=O) groups is 1. The van der Waals surface area contributed by atoms with Crippen LogP contribution in [0.5, 0.6) is 0 Å². The van der Waals surface area contributed by atoms with Crippen LogP contribution in [-0.4, -0.2) is 16.3 Å². The molecule has 3 aromatic carbocycles. The van der Waals surface area contributed by atoms with Crippen LogP contribution in [0.4, 0.5) is 17.1 Å². The average molecular weight is 450 g/mol. The summed E-state index contributed by atoms with van der Waals surface area (Å²) in [7, 11) is 0. The third-order valence-corrected chi connectivity index (χ3v) is 6.28. The lowest BCUT2D eigenvalue weighted by atomic mass is 10.1. The predicted octanol–water partition coefficient (Wildman–Crippen LogP) is 6.62. The maximum atomic E-state index is 12.9. The summed E-state index contributed by atoms with van der Waals surface area (Å²) >= 11 is 6.97. The number of para-hydroxylation sites is 1. The molecule has 160 valence electrons. The number of rotatable bonds is 7. The van der Waals surface area contributed by atoms with E-state index in [9.17, 15) is 4.79 Å². The van der Waals surface area contributed by atoms with Gasteiger partial charge in [-0.25, -0.2) is 0 Å². The lowest BCUT2D eigenvalue weighted by Crippen LogP contribution is -2.25. The third-order valence-electron chi connectivity index (χ3n) is 4.72. The predicted molar refractivity (Wildman–Crippen MR) is 137 cm³/mol. The van der Waals surface area contributed by atoms with Crippen molar-refractivity contribution in [1.82, 2.24) is 0 Å². The van der Waals surface area contributed by atoms with Crippen molar-refractivity contribution in [3.05, 3.63) is 83.9 Å². The zero-order chi connectivity index (χ0) is 22.2. The molecular formula is C25H27N3OS2. The first-order chi connectivity index (χ1) is 14.9. The molecule has 1 atom stereocenters. The minimum atomic E-state index is -0.190. The van der Waals surface area contributed by atoms with Gasteiger partial charge in [0.2, 0.25) is 5.91 Å². The summed E-state index contributed by atoms with van der Waals surface area (Å²) in [5, 5.41) is 9.80. The SMILES string of the molecule is CCC(Sc1cccc(NC(=S)Nc2ccccc2)c1)C(=O)Nc1cc(C)ccc1C. The normalized spacial score (nSPS) is 11.5. The van der Waals surface area contributed by atoms with Crippen LogP contribution >= 0.6 is 24.0 Å². The van der Waals surface area contributed by atoms with Crippen molar-refractivity contribution < 1.29 is 4.79 Å². The first kappa shape index (κ1) is 22.8. The Morgan fingerprint density at radius 3 is 2.35 bits per heavy atom. The number of hydrogen-bond donors (Lipinski definition) is 3. The summed E-state index contributed by atoms with van der Waals surface area (Å²) in [6, 6.07) is 23.8. The summed E-state index contributed by atoms with van der Waals surface area (Å²) in [6.45, 7) is 6.06. The molecule has 0 fully saturated rings. The van der Waals surface area contributed by atoms with Crippen molar-refractivity contribution in [2.75, 3.05) is 16.0 Å². The van der Waals surface area contributed by atoms with E-state index in [1.165, 1.54) is 0 Å². The van der Waals surface area contributed by atoms with E-state index in [0.717, 1.165) is 39.5 Å². The summed E-state index contributed by atoms with van der Waals surface area (Å²) in [5.74, 6) is 0.0147. The van der Waals surface area contributed by atoms with Crippen LogP contribution in [0.3, 0.4) is 0 Å². The number of hydrogen-bond acceptors (Lipinski definition) is 3. The van der Waals surface area contributed by atoms with E-state index in [-0.39, 0.29) is 11.2 Å². The number of carbonyl (C=O) groups excluding carboxylic acids is 1. The van der Waals surface area contributed by atoms with Crippen LogP contribution in [0.15, 0.2) is 77.7 Å². The number of benzene rings is 3. The number of nitrogens with one attached hydrogen (secondary N) is 3. The van der Waals surface area contributed by atoms with Gasteiger partial charge in [-0.2, -0.15) is 0 Å². The molecule has 0 heterocycles. The Labute approximate surface area is 193 Å². The largest absolute Gasteiger partial charge is 0.332 e. The maximum Gasteiger partial charge on any atom is 0.237 e. The van der Waals surface area contributed by atoms with E-state index in [4.69, 9.17) is 12.2 Å². The van der Waals surface area contributed by atoms with Gasteiger partial charge in [-0.1, -0.05) is 43.3 Å². The monoisotopic (exact) mass is 449 g/mol. The molecule has 0 saturated heterocycles. The quantitative estimate of drug-likeness (QED) is 0.279. The summed E-state index contributed by atoms with van der Waals surface area (Å²) in [4.78, 5) is 13.9. The van der Waals surface area contributed by atoms with E-state index >= 15 is 0 Å². The molecule has 3 N–H and O–H groups in total. The molecule has 3 aromatic rings. The Balaban J connectivity index is 1.63. The van der Waals surface area contributed by atoms with Gasteiger partial charge >= 0.3 is 0 Å². The summed E-state index contributed by atoms with van der Waals surface area (Å²) in [6.07, 6.45) is 0.729. The molecule has 0 aliphatic carbocycles. The Morgan fingerprint density at radius 1 is 0.903 bits per heavy atom. The van der Waals surface area contributed by atoms with Crippen LogP contribution in [0, 0.1) is 13.8 Å². The van der Waals surface area contributed by atoms with Gasteiger partial charge in [-0.3, -0.25) is 4.79 Å². The molecule has 0 bridgehead atoms. The fourth-order valence-electron chi connectivity index (χ4n) is 3.03. The van der Waals surface area contributed by atoms with E-state index in [2.05, 4.69) is 16.0 Å². The molecule has 3 rings (SSSR count). The third kappa shape index (κ3) is 6.84. The number of thiocarbonyl (C=S) groups is 1. The second-order valence-electron chi connectivity index (χ2n) is 7.30. The van der Waals surface area contributed by atoms with Gasteiger partial charge in [0, 0.05) is 22.0 Å². The molecule has 1 amide bonds. The lowest BCUT2D eigenvalue weighted by Gasteiger charge is -2.17.